The highest BCUT2D eigenvalue weighted by Crippen LogP contribution is 2.38. The molecule has 4 heteroatoms. The van der Waals surface area contributed by atoms with E-state index in [-0.39, 0.29) is 0 Å². The Hall–Kier alpha value is -2.54. The van der Waals surface area contributed by atoms with Crippen molar-refractivity contribution in [3.05, 3.63) is 41.5 Å². The van der Waals surface area contributed by atoms with Crippen molar-refractivity contribution >= 4 is 5.97 Å². The van der Waals surface area contributed by atoms with Crippen LogP contribution in [0.25, 0.3) is 11.1 Å². The summed E-state index contributed by atoms with van der Waals surface area (Å²) >= 11 is 0. The lowest BCUT2D eigenvalue weighted by molar-refractivity contribution is 0.0602. The molecule has 0 fully saturated rings. The molecule has 0 unspecified atom stereocenters. The van der Waals surface area contributed by atoms with Crippen molar-refractivity contribution in [1.29, 1.82) is 5.26 Å². The molecular formula is C14H11NO3. The van der Waals surface area contributed by atoms with Crippen LogP contribution in [-0.4, -0.2) is 20.2 Å². The number of hydrogen-bond acceptors (Lipinski definition) is 4. The number of hydrogen-bond donors (Lipinski definition) is 0. The van der Waals surface area contributed by atoms with Crippen molar-refractivity contribution in [2.24, 2.45) is 0 Å². The van der Waals surface area contributed by atoms with E-state index in [1.807, 2.05) is 0 Å². The second-order valence-electron chi connectivity index (χ2n) is 3.65. The second-order valence-corrected chi connectivity index (χ2v) is 3.65. The molecule has 0 bridgehead atoms. The van der Waals surface area contributed by atoms with Crippen LogP contribution >= 0.6 is 0 Å². The standard InChI is InChI=1S/C14H11NO3/c1-17-12-6-4-3-5-10-11(14(16)18-2)7-9(8-15)13(10)12/h3-7H,1-2H3. The Morgan fingerprint density at radius 3 is 2.61 bits per heavy atom. The SMILES string of the molecule is COC(=O)c1cc(C#N)c2c(OC)ccccc1-2. The number of esters is 1. The molecule has 0 atom stereocenters. The number of nitrogens with zero attached hydrogens (tertiary/aromatic N) is 1. The van der Waals surface area contributed by atoms with Crippen molar-refractivity contribution in [3.8, 4) is 22.9 Å². The maximum absolute atomic E-state index is 11.7. The van der Waals surface area contributed by atoms with Gasteiger partial charge in [0.15, 0.2) is 0 Å². The van der Waals surface area contributed by atoms with Crippen LogP contribution in [0, 0.1) is 11.3 Å². The number of nitriles is 1. The molecule has 0 heterocycles. The quantitative estimate of drug-likeness (QED) is 0.758. The molecule has 0 aliphatic heterocycles. The summed E-state index contributed by atoms with van der Waals surface area (Å²) in [6.07, 6.45) is 0. The summed E-state index contributed by atoms with van der Waals surface area (Å²) in [5.74, 6) is 0.0939. The van der Waals surface area contributed by atoms with Gasteiger partial charge in [-0.15, -0.1) is 0 Å². The molecule has 2 rings (SSSR count). The molecule has 18 heavy (non-hydrogen) atoms. The number of carbonyl (C=O) groups excluding carboxylic acids is 1. The molecule has 4 nitrogen and oxygen atoms in total. The molecule has 0 radical (unpaired) electrons. The highest BCUT2D eigenvalue weighted by Gasteiger charge is 2.23. The monoisotopic (exact) mass is 241 g/mol. The van der Waals surface area contributed by atoms with E-state index < -0.39 is 5.97 Å². The average Bonchev–Trinajstić information content (AvgIpc) is 2.63. The summed E-state index contributed by atoms with van der Waals surface area (Å²) in [5.41, 5.74) is 2.06. The van der Waals surface area contributed by atoms with Crippen molar-refractivity contribution in [2.75, 3.05) is 14.2 Å². The summed E-state index contributed by atoms with van der Waals surface area (Å²) in [7, 11) is 2.84. The van der Waals surface area contributed by atoms with Gasteiger partial charge in [0, 0.05) is 11.1 Å². The minimum atomic E-state index is -0.463. The summed E-state index contributed by atoms with van der Waals surface area (Å²) < 4.78 is 9.97. The number of carbonyl (C=O) groups is 1. The molecule has 2 aliphatic carbocycles. The maximum Gasteiger partial charge on any atom is 0.338 e. The van der Waals surface area contributed by atoms with E-state index in [4.69, 9.17) is 14.7 Å². The molecule has 0 aromatic carbocycles. The third-order valence-corrected chi connectivity index (χ3v) is 2.73. The van der Waals surface area contributed by atoms with E-state index >= 15 is 0 Å². The van der Waals surface area contributed by atoms with Gasteiger partial charge in [-0.3, -0.25) is 0 Å². The van der Waals surface area contributed by atoms with Gasteiger partial charge >= 0.3 is 5.97 Å². The van der Waals surface area contributed by atoms with E-state index in [2.05, 4.69) is 6.07 Å². The molecule has 2 aliphatic rings. The van der Waals surface area contributed by atoms with Gasteiger partial charge in [-0.2, -0.15) is 5.26 Å². The van der Waals surface area contributed by atoms with Crippen LogP contribution in [-0.2, 0) is 4.74 Å². The van der Waals surface area contributed by atoms with Crippen LogP contribution in [0.1, 0.15) is 15.9 Å². The average molecular weight is 241 g/mol. The molecular weight excluding hydrogens is 230 g/mol. The predicted molar refractivity (Wildman–Crippen MR) is 65.7 cm³/mol. The highest BCUT2D eigenvalue weighted by molar-refractivity contribution is 6.01. The van der Waals surface area contributed by atoms with E-state index in [1.54, 1.807) is 24.3 Å². The van der Waals surface area contributed by atoms with Gasteiger partial charge in [0.1, 0.15) is 5.75 Å². The minimum absolute atomic E-state index is 0.374. The lowest BCUT2D eigenvalue weighted by atomic mass is 10.1. The first kappa shape index (κ1) is 11.9. The molecule has 0 aromatic heterocycles. The van der Waals surface area contributed by atoms with Crippen LogP contribution in [0.15, 0.2) is 30.3 Å². The van der Waals surface area contributed by atoms with E-state index in [0.29, 0.717) is 28.0 Å². The topological polar surface area (TPSA) is 59.3 Å². The molecule has 0 saturated heterocycles. The number of rotatable bonds is 2. The highest BCUT2D eigenvalue weighted by atomic mass is 16.5. The fourth-order valence-electron chi connectivity index (χ4n) is 1.93. The summed E-state index contributed by atoms with van der Waals surface area (Å²) in [6.45, 7) is 0. The van der Waals surface area contributed by atoms with Crippen LogP contribution in [0.5, 0.6) is 5.75 Å². The van der Waals surface area contributed by atoms with Crippen LogP contribution in [0.4, 0.5) is 0 Å². The van der Waals surface area contributed by atoms with Crippen molar-refractivity contribution in [3.63, 3.8) is 0 Å². The summed E-state index contributed by atoms with van der Waals surface area (Å²) in [6, 6.07) is 10.7. The summed E-state index contributed by atoms with van der Waals surface area (Å²) in [4.78, 5) is 11.7. The Morgan fingerprint density at radius 1 is 1.28 bits per heavy atom. The largest absolute Gasteiger partial charge is 0.496 e. The Bertz CT molecular complexity index is 613. The zero-order valence-electron chi connectivity index (χ0n) is 10.1. The molecule has 0 amide bonds. The van der Waals surface area contributed by atoms with Gasteiger partial charge in [-0.25, -0.2) is 4.79 Å². The number of fused-ring (bicyclic) bond motifs is 1. The lowest BCUT2D eigenvalue weighted by Crippen LogP contribution is -2.00. The lowest BCUT2D eigenvalue weighted by Gasteiger charge is -2.04. The zero-order chi connectivity index (χ0) is 13.1. The second kappa shape index (κ2) is 4.76. The third kappa shape index (κ3) is 1.76. The van der Waals surface area contributed by atoms with Gasteiger partial charge in [0.25, 0.3) is 0 Å². The predicted octanol–water partition coefficient (Wildman–Crippen LogP) is 2.46. The van der Waals surface area contributed by atoms with E-state index in [1.165, 1.54) is 20.3 Å². The van der Waals surface area contributed by atoms with Crippen molar-refractivity contribution in [2.45, 2.75) is 0 Å². The Balaban J connectivity index is 2.79. The Kier molecular flexibility index (Phi) is 3.16. The molecule has 90 valence electrons. The summed E-state index contributed by atoms with van der Waals surface area (Å²) in [5, 5.41) is 9.15. The fraction of sp³-hybridized carbons (Fsp3) is 0.143. The van der Waals surface area contributed by atoms with E-state index in [9.17, 15) is 4.79 Å². The van der Waals surface area contributed by atoms with Crippen molar-refractivity contribution in [1.82, 2.24) is 0 Å². The first-order valence-electron chi connectivity index (χ1n) is 5.31. The van der Waals surface area contributed by atoms with Crippen LogP contribution < -0.4 is 4.74 Å². The number of methoxy groups -OCH3 is 2. The normalized spacial score (nSPS) is 9.83. The molecule has 0 aromatic rings. The smallest absolute Gasteiger partial charge is 0.338 e. The van der Waals surface area contributed by atoms with Crippen LogP contribution in [0.2, 0.25) is 0 Å². The van der Waals surface area contributed by atoms with Gasteiger partial charge in [0.2, 0.25) is 0 Å². The van der Waals surface area contributed by atoms with Gasteiger partial charge in [0.05, 0.1) is 31.4 Å². The van der Waals surface area contributed by atoms with Gasteiger partial charge in [-0.1, -0.05) is 18.2 Å². The Labute approximate surface area is 105 Å². The molecule has 0 saturated carbocycles. The fourth-order valence-corrected chi connectivity index (χ4v) is 1.93. The molecule has 0 spiro atoms. The Morgan fingerprint density at radius 2 is 2.00 bits per heavy atom. The van der Waals surface area contributed by atoms with Gasteiger partial charge in [-0.05, 0) is 12.1 Å². The first-order chi connectivity index (χ1) is 8.72. The van der Waals surface area contributed by atoms with Gasteiger partial charge < -0.3 is 9.47 Å². The zero-order valence-corrected chi connectivity index (χ0v) is 10.1. The van der Waals surface area contributed by atoms with E-state index in [0.717, 1.165) is 0 Å². The first-order valence-corrected chi connectivity index (χ1v) is 5.31. The number of ether oxygens (including phenoxy) is 2. The molecule has 0 N–H and O–H groups in total. The van der Waals surface area contributed by atoms with Crippen molar-refractivity contribution < 1.29 is 14.3 Å². The maximum atomic E-state index is 11.7. The minimum Gasteiger partial charge on any atom is -0.496 e. The van der Waals surface area contributed by atoms with Crippen LogP contribution in [0.3, 0.4) is 0 Å². The third-order valence-electron chi connectivity index (χ3n) is 2.73.